The molecule has 1 heterocycles. The molecule has 0 aliphatic heterocycles. The molecule has 134 valence electrons. The number of ether oxygens (including phenoxy) is 1. The number of aromatic nitrogens is 2. The van der Waals surface area contributed by atoms with E-state index in [4.69, 9.17) is 22.1 Å². The van der Waals surface area contributed by atoms with E-state index in [0.717, 1.165) is 6.20 Å². The lowest BCUT2D eigenvalue weighted by Crippen LogP contribution is -2.04. The van der Waals surface area contributed by atoms with Crippen LogP contribution in [-0.4, -0.2) is 16.6 Å². The number of hydrogen-bond acceptors (Lipinski definition) is 6. The highest BCUT2D eigenvalue weighted by Gasteiger charge is 2.09. The summed E-state index contributed by atoms with van der Waals surface area (Å²) in [7, 11) is 0. The highest BCUT2D eigenvalue weighted by atomic mass is 35.5. The van der Waals surface area contributed by atoms with Gasteiger partial charge in [-0.25, -0.2) is 9.37 Å². The summed E-state index contributed by atoms with van der Waals surface area (Å²) in [5.74, 6) is 0.221. The Morgan fingerprint density at radius 2 is 1.96 bits per heavy atom. The van der Waals surface area contributed by atoms with E-state index >= 15 is 0 Å². The Morgan fingerprint density at radius 3 is 2.73 bits per heavy atom. The molecule has 0 bridgehead atoms. The number of nitrogens with two attached hydrogens (primary N) is 1. The molecule has 0 atom stereocenters. The Morgan fingerprint density at radius 1 is 1.15 bits per heavy atom. The van der Waals surface area contributed by atoms with Gasteiger partial charge in [0.15, 0.2) is 11.6 Å². The van der Waals surface area contributed by atoms with Gasteiger partial charge in [-0.05, 0) is 37.3 Å². The second kappa shape index (κ2) is 7.88. The van der Waals surface area contributed by atoms with Gasteiger partial charge < -0.3 is 21.1 Å². The van der Waals surface area contributed by atoms with E-state index in [1.807, 2.05) is 6.92 Å². The van der Waals surface area contributed by atoms with Crippen molar-refractivity contribution in [2.24, 2.45) is 0 Å². The van der Waals surface area contributed by atoms with Crippen LogP contribution in [0.25, 0.3) is 0 Å². The van der Waals surface area contributed by atoms with Crippen molar-refractivity contribution in [2.45, 2.75) is 6.92 Å². The Hall–Kier alpha value is -3.06. The second-order valence-electron chi connectivity index (χ2n) is 5.34. The van der Waals surface area contributed by atoms with Crippen LogP contribution in [0.15, 0.2) is 48.7 Å². The molecule has 0 amide bonds. The Labute approximate surface area is 155 Å². The number of anilines is 5. The lowest BCUT2D eigenvalue weighted by molar-refractivity contribution is 0.340. The zero-order chi connectivity index (χ0) is 18.5. The zero-order valence-corrected chi connectivity index (χ0v) is 14.7. The zero-order valence-electron chi connectivity index (χ0n) is 14.0. The van der Waals surface area contributed by atoms with Crippen LogP contribution in [-0.2, 0) is 0 Å². The summed E-state index contributed by atoms with van der Waals surface area (Å²) in [5.41, 5.74) is 7.58. The number of nitrogen functional groups attached to an aromatic ring is 1. The SMILES string of the molecule is CCOc1cc(Nc2ncc(F)c(Nc3cccc(N)c3)n2)ccc1Cl. The maximum atomic E-state index is 14.0. The molecule has 0 unspecified atom stereocenters. The topological polar surface area (TPSA) is 85.1 Å². The minimum atomic E-state index is -0.580. The van der Waals surface area contributed by atoms with E-state index in [1.54, 1.807) is 42.5 Å². The third-order valence-electron chi connectivity index (χ3n) is 3.38. The molecule has 3 rings (SSSR count). The fourth-order valence-corrected chi connectivity index (χ4v) is 2.42. The van der Waals surface area contributed by atoms with Gasteiger partial charge in [0, 0.05) is 23.1 Å². The minimum Gasteiger partial charge on any atom is -0.492 e. The molecule has 0 aliphatic carbocycles. The highest BCUT2D eigenvalue weighted by molar-refractivity contribution is 6.32. The predicted molar refractivity (Wildman–Crippen MR) is 102 cm³/mol. The van der Waals surface area contributed by atoms with E-state index in [-0.39, 0.29) is 11.8 Å². The quantitative estimate of drug-likeness (QED) is 0.541. The van der Waals surface area contributed by atoms with Crippen LogP contribution in [0.5, 0.6) is 5.75 Å². The summed E-state index contributed by atoms with van der Waals surface area (Å²) in [4.78, 5) is 8.12. The summed E-state index contributed by atoms with van der Waals surface area (Å²) in [5, 5.41) is 6.39. The molecule has 26 heavy (non-hydrogen) atoms. The Bertz CT molecular complexity index is 922. The van der Waals surface area contributed by atoms with Gasteiger partial charge in [0.1, 0.15) is 5.75 Å². The summed E-state index contributed by atoms with van der Waals surface area (Å²) in [6.07, 6.45) is 1.09. The first-order valence-electron chi connectivity index (χ1n) is 7.89. The average Bonchev–Trinajstić information content (AvgIpc) is 2.61. The van der Waals surface area contributed by atoms with Gasteiger partial charge in [0.2, 0.25) is 5.95 Å². The number of hydrogen-bond donors (Lipinski definition) is 3. The van der Waals surface area contributed by atoms with E-state index in [1.165, 1.54) is 0 Å². The first kappa shape index (κ1) is 17.8. The normalized spacial score (nSPS) is 10.4. The van der Waals surface area contributed by atoms with E-state index in [0.29, 0.717) is 34.4 Å². The van der Waals surface area contributed by atoms with Gasteiger partial charge in [-0.15, -0.1) is 0 Å². The fraction of sp³-hybridized carbons (Fsp3) is 0.111. The number of nitrogens with one attached hydrogen (secondary N) is 2. The molecule has 0 aliphatic rings. The molecule has 8 heteroatoms. The van der Waals surface area contributed by atoms with Crippen LogP contribution in [0.1, 0.15) is 6.92 Å². The molecule has 3 aromatic rings. The van der Waals surface area contributed by atoms with Crippen molar-refractivity contribution in [1.29, 1.82) is 0 Å². The third kappa shape index (κ3) is 4.31. The van der Waals surface area contributed by atoms with Gasteiger partial charge >= 0.3 is 0 Å². The van der Waals surface area contributed by atoms with Crippen molar-refractivity contribution in [3.63, 3.8) is 0 Å². The van der Waals surface area contributed by atoms with Crippen molar-refractivity contribution < 1.29 is 9.13 Å². The number of nitrogens with zero attached hydrogens (tertiary/aromatic N) is 2. The molecule has 0 saturated heterocycles. The molecule has 6 nitrogen and oxygen atoms in total. The lowest BCUT2D eigenvalue weighted by atomic mass is 10.3. The molecule has 2 aromatic carbocycles. The molecule has 4 N–H and O–H groups in total. The summed E-state index contributed by atoms with van der Waals surface area (Å²) in [6.45, 7) is 2.36. The van der Waals surface area contributed by atoms with Crippen LogP contribution < -0.4 is 21.1 Å². The molecular formula is C18H17ClFN5O. The number of benzene rings is 2. The standard InChI is InChI=1S/C18H17ClFN5O/c1-2-26-16-9-13(6-7-14(16)19)24-18-22-10-15(20)17(25-18)23-12-5-3-4-11(21)8-12/h3-10H,2,21H2,1H3,(H2,22,23,24,25). The largest absolute Gasteiger partial charge is 0.492 e. The van der Waals surface area contributed by atoms with Crippen molar-refractivity contribution in [3.8, 4) is 5.75 Å². The fourth-order valence-electron chi connectivity index (χ4n) is 2.24. The van der Waals surface area contributed by atoms with E-state index in [2.05, 4.69) is 20.6 Å². The second-order valence-corrected chi connectivity index (χ2v) is 5.75. The van der Waals surface area contributed by atoms with Crippen molar-refractivity contribution in [3.05, 3.63) is 59.5 Å². The molecule has 0 radical (unpaired) electrons. The predicted octanol–water partition coefficient (Wildman–Crippen LogP) is 4.74. The van der Waals surface area contributed by atoms with Gasteiger partial charge in [-0.1, -0.05) is 17.7 Å². The highest BCUT2D eigenvalue weighted by Crippen LogP contribution is 2.29. The van der Waals surface area contributed by atoms with E-state index < -0.39 is 5.82 Å². The van der Waals surface area contributed by atoms with Crippen LogP contribution in [0.2, 0.25) is 5.02 Å². The van der Waals surface area contributed by atoms with Gasteiger partial charge in [-0.3, -0.25) is 0 Å². The molecule has 0 fully saturated rings. The maximum absolute atomic E-state index is 14.0. The summed E-state index contributed by atoms with van der Waals surface area (Å²) < 4.78 is 19.5. The first-order chi connectivity index (χ1) is 12.5. The van der Waals surface area contributed by atoms with Crippen LogP contribution in [0, 0.1) is 5.82 Å². The van der Waals surface area contributed by atoms with Crippen molar-refractivity contribution in [1.82, 2.24) is 9.97 Å². The molecular weight excluding hydrogens is 357 g/mol. The maximum Gasteiger partial charge on any atom is 0.229 e. The number of rotatable bonds is 6. The van der Waals surface area contributed by atoms with Crippen LogP contribution in [0.3, 0.4) is 0 Å². The van der Waals surface area contributed by atoms with E-state index in [9.17, 15) is 4.39 Å². The summed E-state index contributed by atoms with van der Waals surface area (Å²) in [6, 6.07) is 12.1. The average molecular weight is 374 g/mol. The third-order valence-corrected chi connectivity index (χ3v) is 3.69. The molecule has 1 aromatic heterocycles. The minimum absolute atomic E-state index is 0.0343. The van der Waals surface area contributed by atoms with Crippen LogP contribution in [0.4, 0.5) is 33.2 Å². The number of halogens is 2. The van der Waals surface area contributed by atoms with Crippen LogP contribution >= 0.6 is 11.6 Å². The smallest absolute Gasteiger partial charge is 0.229 e. The molecule has 0 saturated carbocycles. The lowest BCUT2D eigenvalue weighted by Gasteiger charge is -2.11. The Balaban J connectivity index is 1.82. The van der Waals surface area contributed by atoms with Crippen molar-refractivity contribution >= 4 is 40.4 Å². The monoisotopic (exact) mass is 373 g/mol. The first-order valence-corrected chi connectivity index (χ1v) is 8.27. The van der Waals surface area contributed by atoms with Crippen molar-refractivity contribution in [2.75, 3.05) is 23.0 Å². The Kier molecular flexibility index (Phi) is 5.38. The molecule has 0 spiro atoms. The van der Waals surface area contributed by atoms with Gasteiger partial charge in [0.05, 0.1) is 17.8 Å². The van der Waals surface area contributed by atoms with Gasteiger partial charge in [-0.2, -0.15) is 4.98 Å². The summed E-state index contributed by atoms with van der Waals surface area (Å²) >= 11 is 6.07. The van der Waals surface area contributed by atoms with Gasteiger partial charge in [0.25, 0.3) is 0 Å².